The Bertz CT molecular complexity index is 804. The van der Waals surface area contributed by atoms with Crippen molar-refractivity contribution in [2.45, 2.75) is 32.9 Å². The maximum absolute atomic E-state index is 5.79. The van der Waals surface area contributed by atoms with Crippen molar-refractivity contribution in [2.75, 3.05) is 33.9 Å². The first-order valence-electron chi connectivity index (χ1n) is 10.1. The third kappa shape index (κ3) is 7.42. The molecule has 0 bridgehead atoms. The van der Waals surface area contributed by atoms with Crippen LogP contribution >= 0.6 is 24.0 Å². The van der Waals surface area contributed by atoms with Crippen LogP contribution in [0.5, 0.6) is 5.75 Å². The molecular weight excluding hydrogens is 495 g/mol. The minimum Gasteiger partial charge on any atom is -0.497 e. The van der Waals surface area contributed by atoms with Crippen LogP contribution in [0.2, 0.25) is 0 Å². The Kier molecular flexibility index (Phi) is 9.83. The van der Waals surface area contributed by atoms with E-state index in [0.29, 0.717) is 19.7 Å². The lowest BCUT2D eigenvalue weighted by molar-refractivity contribution is 0.115. The van der Waals surface area contributed by atoms with Gasteiger partial charge in [-0.3, -0.25) is 0 Å². The van der Waals surface area contributed by atoms with Crippen molar-refractivity contribution in [3.05, 3.63) is 41.5 Å². The molecule has 1 N–H and O–H groups in total. The van der Waals surface area contributed by atoms with Crippen molar-refractivity contribution in [1.29, 1.82) is 0 Å². The van der Waals surface area contributed by atoms with Crippen LogP contribution in [0, 0.1) is 12.8 Å². The number of likely N-dealkylation sites (N-methyl/N-ethyl adjacent to an activating group) is 1. The van der Waals surface area contributed by atoms with Crippen LogP contribution in [0.15, 0.2) is 29.3 Å². The van der Waals surface area contributed by atoms with Crippen LogP contribution in [0.25, 0.3) is 0 Å². The molecule has 0 unspecified atom stereocenters. The largest absolute Gasteiger partial charge is 0.497 e. The van der Waals surface area contributed by atoms with Gasteiger partial charge in [-0.05, 0) is 43.4 Å². The van der Waals surface area contributed by atoms with Crippen LogP contribution in [-0.2, 0) is 24.9 Å². The summed E-state index contributed by atoms with van der Waals surface area (Å²) in [7, 11) is 5.67. The highest BCUT2D eigenvalue weighted by Gasteiger charge is 2.21. The molecule has 30 heavy (non-hydrogen) atoms. The number of nitrogens with one attached hydrogen (secondary N) is 1. The van der Waals surface area contributed by atoms with E-state index < -0.39 is 0 Å². The third-order valence-electron chi connectivity index (χ3n) is 5.14. The Morgan fingerprint density at radius 3 is 2.60 bits per heavy atom. The first-order valence-corrected chi connectivity index (χ1v) is 10.1. The molecule has 1 aliphatic carbocycles. The summed E-state index contributed by atoms with van der Waals surface area (Å²) in [4.78, 5) is 6.90. The zero-order valence-electron chi connectivity index (χ0n) is 18.3. The summed E-state index contributed by atoms with van der Waals surface area (Å²) >= 11 is 0. The molecule has 3 rings (SSSR count). The van der Waals surface area contributed by atoms with Gasteiger partial charge in [0.15, 0.2) is 11.8 Å². The highest BCUT2D eigenvalue weighted by molar-refractivity contribution is 14.0. The summed E-state index contributed by atoms with van der Waals surface area (Å²) in [6, 6.07) is 7.97. The molecule has 0 saturated heterocycles. The molecule has 1 aromatic heterocycles. The number of guanidine groups is 1. The van der Waals surface area contributed by atoms with Gasteiger partial charge in [-0.1, -0.05) is 12.1 Å². The summed E-state index contributed by atoms with van der Waals surface area (Å²) in [5.74, 6) is 4.20. The zero-order chi connectivity index (χ0) is 20.6. The van der Waals surface area contributed by atoms with E-state index in [0.717, 1.165) is 48.0 Å². The summed E-state index contributed by atoms with van der Waals surface area (Å²) in [6.45, 7) is 5.43. The molecule has 0 spiro atoms. The SMILES string of the molecule is COc1ccc(CN=C(NCc2nnc(C)n2C)N(C)CCOCC2CC2)cc1.I. The molecular formula is C21H33IN6O2. The topological polar surface area (TPSA) is 76.8 Å². The molecule has 1 fully saturated rings. The molecule has 166 valence electrons. The highest BCUT2D eigenvalue weighted by atomic mass is 127. The number of benzene rings is 1. The van der Waals surface area contributed by atoms with Crippen LogP contribution < -0.4 is 10.1 Å². The van der Waals surface area contributed by atoms with E-state index in [9.17, 15) is 0 Å². The second-order valence-electron chi connectivity index (χ2n) is 7.50. The summed E-state index contributed by atoms with van der Waals surface area (Å²) < 4.78 is 13.0. The second-order valence-corrected chi connectivity index (χ2v) is 7.50. The Balaban J connectivity index is 0.00000320. The van der Waals surface area contributed by atoms with Crippen molar-refractivity contribution < 1.29 is 9.47 Å². The normalized spacial score (nSPS) is 13.7. The van der Waals surface area contributed by atoms with Gasteiger partial charge < -0.3 is 24.3 Å². The predicted molar refractivity (Wildman–Crippen MR) is 128 cm³/mol. The maximum Gasteiger partial charge on any atom is 0.194 e. The molecule has 0 aliphatic heterocycles. The van der Waals surface area contributed by atoms with E-state index in [1.165, 1.54) is 12.8 Å². The lowest BCUT2D eigenvalue weighted by Crippen LogP contribution is -2.40. The summed E-state index contributed by atoms with van der Waals surface area (Å²) in [6.07, 6.45) is 2.62. The van der Waals surface area contributed by atoms with Gasteiger partial charge in [0.25, 0.3) is 0 Å². The standard InChI is InChI=1S/C21H32N6O2.HI/c1-16-24-25-20(27(16)3)14-23-21(26(2)11-12-29-15-18-5-6-18)22-13-17-7-9-19(28-4)10-8-17;/h7-10,18H,5-6,11-15H2,1-4H3,(H,22,23);1H. The number of aliphatic imine (C=N–C) groups is 1. The van der Waals surface area contributed by atoms with Crippen LogP contribution in [0.3, 0.4) is 0 Å². The van der Waals surface area contributed by atoms with Gasteiger partial charge in [-0.2, -0.15) is 0 Å². The van der Waals surface area contributed by atoms with Gasteiger partial charge in [-0.15, -0.1) is 34.2 Å². The molecule has 1 saturated carbocycles. The monoisotopic (exact) mass is 528 g/mol. The van der Waals surface area contributed by atoms with Gasteiger partial charge >= 0.3 is 0 Å². The number of rotatable bonds is 10. The Hall–Kier alpha value is -1.88. The molecule has 9 heteroatoms. The molecule has 0 radical (unpaired) electrons. The van der Waals surface area contributed by atoms with Crippen LogP contribution in [0.1, 0.15) is 30.1 Å². The molecule has 1 heterocycles. The smallest absolute Gasteiger partial charge is 0.194 e. The first-order chi connectivity index (χ1) is 14.1. The fraction of sp³-hybridized carbons (Fsp3) is 0.571. The number of hydrogen-bond acceptors (Lipinski definition) is 5. The van der Waals surface area contributed by atoms with E-state index in [1.54, 1.807) is 7.11 Å². The maximum atomic E-state index is 5.79. The van der Waals surface area contributed by atoms with E-state index in [1.807, 2.05) is 49.9 Å². The van der Waals surface area contributed by atoms with E-state index in [2.05, 4.69) is 20.4 Å². The summed E-state index contributed by atoms with van der Waals surface area (Å²) in [5, 5.41) is 11.8. The minimum absolute atomic E-state index is 0. The Morgan fingerprint density at radius 1 is 1.27 bits per heavy atom. The molecule has 0 amide bonds. The average Bonchev–Trinajstić information content (AvgIpc) is 3.51. The lowest BCUT2D eigenvalue weighted by atomic mass is 10.2. The number of aromatic nitrogens is 3. The quantitative estimate of drug-likeness (QED) is 0.221. The fourth-order valence-electron chi connectivity index (χ4n) is 2.81. The Labute approximate surface area is 196 Å². The lowest BCUT2D eigenvalue weighted by Gasteiger charge is -2.22. The van der Waals surface area contributed by atoms with Crippen molar-refractivity contribution >= 4 is 29.9 Å². The van der Waals surface area contributed by atoms with E-state index in [4.69, 9.17) is 14.5 Å². The molecule has 0 atom stereocenters. The van der Waals surface area contributed by atoms with Crippen molar-refractivity contribution in [2.24, 2.45) is 18.0 Å². The van der Waals surface area contributed by atoms with Crippen LogP contribution in [-0.4, -0.2) is 59.5 Å². The Morgan fingerprint density at radius 2 is 2.00 bits per heavy atom. The third-order valence-corrected chi connectivity index (χ3v) is 5.14. The fourth-order valence-corrected chi connectivity index (χ4v) is 2.81. The molecule has 8 nitrogen and oxygen atoms in total. The predicted octanol–water partition coefficient (Wildman–Crippen LogP) is 2.75. The number of aryl methyl sites for hydroxylation is 1. The first kappa shape index (κ1) is 24.4. The molecule has 2 aromatic rings. The van der Waals surface area contributed by atoms with E-state index >= 15 is 0 Å². The van der Waals surface area contributed by atoms with Crippen molar-refractivity contribution in [1.82, 2.24) is 25.0 Å². The van der Waals surface area contributed by atoms with Gasteiger partial charge in [0.05, 0.1) is 26.8 Å². The number of halogens is 1. The average molecular weight is 528 g/mol. The summed E-state index contributed by atoms with van der Waals surface area (Å²) in [5.41, 5.74) is 1.12. The number of ether oxygens (including phenoxy) is 2. The number of nitrogens with zero attached hydrogens (tertiary/aromatic N) is 5. The molecule has 1 aliphatic rings. The highest BCUT2D eigenvalue weighted by Crippen LogP contribution is 2.28. The second kappa shape index (κ2) is 12.1. The van der Waals surface area contributed by atoms with Crippen LogP contribution in [0.4, 0.5) is 0 Å². The molecule has 1 aromatic carbocycles. The number of hydrogen-bond donors (Lipinski definition) is 1. The zero-order valence-corrected chi connectivity index (χ0v) is 20.6. The van der Waals surface area contributed by atoms with Gasteiger partial charge in [0.2, 0.25) is 0 Å². The van der Waals surface area contributed by atoms with Crippen molar-refractivity contribution in [3.63, 3.8) is 0 Å². The van der Waals surface area contributed by atoms with Gasteiger partial charge in [0.1, 0.15) is 11.6 Å². The van der Waals surface area contributed by atoms with Crippen molar-refractivity contribution in [3.8, 4) is 5.75 Å². The number of methoxy groups -OCH3 is 1. The van der Waals surface area contributed by atoms with Gasteiger partial charge in [-0.25, -0.2) is 4.99 Å². The van der Waals surface area contributed by atoms with E-state index in [-0.39, 0.29) is 24.0 Å². The van der Waals surface area contributed by atoms with Gasteiger partial charge in [0, 0.05) is 27.2 Å². The minimum atomic E-state index is 0.